The van der Waals surface area contributed by atoms with Crippen LogP contribution in [0.5, 0.6) is 0 Å². The third-order valence-electron chi connectivity index (χ3n) is 3.47. The molecule has 0 radical (unpaired) electrons. The van der Waals surface area contributed by atoms with E-state index >= 15 is 0 Å². The molecular formula is C15H16N2O2S. The average molecular weight is 288 g/mol. The Bertz CT molecular complexity index is 576. The predicted octanol–water partition coefficient (Wildman–Crippen LogP) is 3.01. The second-order valence-electron chi connectivity index (χ2n) is 5.11. The van der Waals surface area contributed by atoms with Gasteiger partial charge in [-0.25, -0.2) is 4.79 Å². The molecule has 0 spiro atoms. The van der Waals surface area contributed by atoms with E-state index in [0.717, 1.165) is 18.8 Å². The van der Waals surface area contributed by atoms with E-state index < -0.39 is 5.97 Å². The molecule has 1 fully saturated rings. The third-order valence-corrected chi connectivity index (χ3v) is 4.20. The molecule has 0 aliphatic heterocycles. The molecule has 0 unspecified atom stereocenters. The van der Waals surface area contributed by atoms with Crippen LogP contribution in [0.15, 0.2) is 35.2 Å². The van der Waals surface area contributed by atoms with Crippen molar-refractivity contribution in [3.05, 3.63) is 52.0 Å². The Morgan fingerprint density at radius 1 is 1.35 bits per heavy atom. The van der Waals surface area contributed by atoms with Crippen molar-refractivity contribution in [2.75, 3.05) is 0 Å². The van der Waals surface area contributed by atoms with Crippen LogP contribution < -0.4 is 0 Å². The zero-order valence-corrected chi connectivity index (χ0v) is 11.8. The summed E-state index contributed by atoms with van der Waals surface area (Å²) >= 11 is 1.72. The molecule has 4 nitrogen and oxygen atoms in total. The van der Waals surface area contributed by atoms with Gasteiger partial charge in [0.1, 0.15) is 0 Å². The van der Waals surface area contributed by atoms with E-state index in [-0.39, 0.29) is 5.56 Å². The second-order valence-corrected chi connectivity index (χ2v) is 5.89. The lowest BCUT2D eigenvalue weighted by molar-refractivity contribution is 0.0696. The second kappa shape index (κ2) is 5.73. The predicted molar refractivity (Wildman–Crippen MR) is 77.8 cm³/mol. The maximum Gasteiger partial charge on any atom is 0.337 e. The van der Waals surface area contributed by atoms with Gasteiger partial charge in [-0.05, 0) is 47.4 Å². The van der Waals surface area contributed by atoms with Gasteiger partial charge in [-0.3, -0.25) is 9.88 Å². The summed E-state index contributed by atoms with van der Waals surface area (Å²) in [5.74, 6) is -0.929. The summed E-state index contributed by atoms with van der Waals surface area (Å²) in [6, 6.07) is 6.24. The standard InChI is InChI=1S/C15H16N2O2S/c18-15(19)12-1-2-13(16-7-12)9-17(14-3-4-14)8-11-5-6-20-10-11/h1-2,5-7,10,14H,3-4,8-9H2,(H,18,19). The van der Waals surface area contributed by atoms with Gasteiger partial charge in [-0.15, -0.1) is 0 Å². The molecule has 2 aromatic heterocycles. The summed E-state index contributed by atoms with van der Waals surface area (Å²) in [7, 11) is 0. The summed E-state index contributed by atoms with van der Waals surface area (Å²) in [4.78, 5) is 17.5. The largest absolute Gasteiger partial charge is 0.478 e. The van der Waals surface area contributed by atoms with Crippen molar-refractivity contribution >= 4 is 17.3 Å². The number of pyridine rings is 1. The van der Waals surface area contributed by atoms with Crippen LogP contribution in [0.1, 0.15) is 34.5 Å². The number of carboxylic acids is 1. The van der Waals surface area contributed by atoms with Crippen molar-refractivity contribution in [1.29, 1.82) is 0 Å². The lowest BCUT2D eigenvalue weighted by atomic mass is 10.2. The molecule has 2 aromatic rings. The molecule has 0 saturated heterocycles. The molecule has 0 aromatic carbocycles. The highest BCUT2D eigenvalue weighted by molar-refractivity contribution is 7.07. The van der Waals surface area contributed by atoms with Gasteiger partial charge in [0.2, 0.25) is 0 Å². The number of hydrogen-bond donors (Lipinski definition) is 1. The first-order chi connectivity index (χ1) is 9.72. The number of rotatable bonds is 6. The van der Waals surface area contributed by atoms with E-state index in [2.05, 4.69) is 26.7 Å². The van der Waals surface area contributed by atoms with Crippen LogP contribution in [0.4, 0.5) is 0 Å². The van der Waals surface area contributed by atoms with Crippen molar-refractivity contribution in [2.24, 2.45) is 0 Å². The molecule has 1 N–H and O–H groups in total. The normalized spacial score (nSPS) is 14.7. The Hall–Kier alpha value is -1.72. The number of nitrogens with zero attached hydrogens (tertiary/aromatic N) is 2. The van der Waals surface area contributed by atoms with Crippen LogP contribution in [0.2, 0.25) is 0 Å². The molecule has 5 heteroatoms. The first kappa shape index (κ1) is 13.3. The van der Waals surface area contributed by atoms with E-state index in [0.29, 0.717) is 6.04 Å². The van der Waals surface area contributed by atoms with Crippen LogP contribution in [-0.2, 0) is 13.1 Å². The maximum atomic E-state index is 10.8. The van der Waals surface area contributed by atoms with Crippen molar-refractivity contribution in [3.63, 3.8) is 0 Å². The summed E-state index contributed by atoms with van der Waals surface area (Å²) in [5.41, 5.74) is 2.51. The van der Waals surface area contributed by atoms with Crippen molar-refractivity contribution in [3.8, 4) is 0 Å². The van der Waals surface area contributed by atoms with Crippen LogP contribution >= 0.6 is 11.3 Å². The minimum atomic E-state index is -0.929. The fraction of sp³-hybridized carbons (Fsp3) is 0.333. The van der Waals surface area contributed by atoms with Gasteiger partial charge in [0.25, 0.3) is 0 Å². The van der Waals surface area contributed by atoms with E-state index in [1.165, 1.54) is 24.6 Å². The summed E-state index contributed by atoms with van der Waals surface area (Å²) in [5, 5.41) is 13.2. The number of aromatic carboxylic acids is 1. The first-order valence-electron chi connectivity index (χ1n) is 6.66. The third kappa shape index (κ3) is 3.23. The number of hydrogen-bond acceptors (Lipinski definition) is 4. The monoisotopic (exact) mass is 288 g/mol. The number of aromatic nitrogens is 1. The van der Waals surface area contributed by atoms with Crippen molar-refractivity contribution in [1.82, 2.24) is 9.88 Å². The van der Waals surface area contributed by atoms with Crippen LogP contribution in [0.25, 0.3) is 0 Å². The molecule has 104 valence electrons. The Kier molecular flexibility index (Phi) is 3.80. The van der Waals surface area contributed by atoms with Gasteiger partial charge >= 0.3 is 5.97 Å². The van der Waals surface area contributed by atoms with E-state index in [1.807, 2.05) is 6.07 Å². The molecule has 1 aliphatic rings. The number of carbonyl (C=O) groups is 1. The van der Waals surface area contributed by atoms with Gasteiger partial charge in [0.15, 0.2) is 0 Å². The van der Waals surface area contributed by atoms with E-state index in [1.54, 1.807) is 17.4 Å². The molecule has 1 saturated carbocycles. The zero-order valence-electron chi connectivity index (χ0n) is 11.0. The molecule has 0 amide bonds. The van der Waals surface area contributed by atoms with Crippen LogP contribution in [0, 0.1) is 0 Å². The van der Waals surface area contributed by atoms with E-state index in [9.17, 15) is 4.79 Å². The van der Waals surface area contributed by atoms with Gasteiger partial charge in [0.05, 0.1) is 11.3 Å². The lowest BCUT2D eigenvalue weighted by Gasteiger charge is -2.21. The Labute approximate surface area is 121 Å². The summed E-state index contributed by atoms with van der Waals surface area (Å²) in [6.45, 7) is 1.72. The van der Waals surface area contributed by atoms with Gasteiger partial charge in [-0.1, -0.05) is 0 Å². The first-order valence-corrected chi connectivity index (χ1v) is 7.60. The highest BCUT2D eigenvalue weighted by Gasteiger charge is 2.29. The maximum absolute atomic E-state index is 10.8. The summed E-state index contributed by atoms with van der Waals surface area (Å²) in [6.07, 6.45) is 3.93. The smallest absolute Gasteiger partial charge is 0.337 e. The SMILES string of the molecule is O=C(O)c1ccc(CN(Cc2ccsc2)C2CC2)nc1. The Morgan fingerprint density at radius 2 is 2.20 bits per heavy atom. The molecule has 2 heterocycles. The van der Waals surface area contributed by atoms with Crippen LogP contribution in [0.3, 0.4) is 0 Å². The Balaban J connectivity index is 1.68. The number of thiophene rings is 1. The molecular weight excluding hydrogens is 272 g/mol. The molecule has 20 heavy (non-hydrogen) atoms. The van der Waals surface area contributed by atoms with Gasteiger partial charge in [-0.2, -0.15) is 11.3 Å². The topological polar surface area (TPSA) is 53.4 Å². The van der Waals surface area contributed by atoms with Crippen molar-refractivity contribution in [2.45, 2.75) is 32.0 Å². The quantitative estimate of drug-likeness (QED) is 0.887. The average Bonchev–Trinajstić information content (AvgIpc) is 3.17. The molecule has 1 aliphatic carbocycles. The number of carboxylic acid groups (broad SMARTS) is 1. The highest BCUT2D eigenvalue weighted by Crippen LogP contribution is 2.29. The van der Waals surface area contributed by atoms with Gasteiger partial charge in [0, 0.05) is 25.3 Å². The molecule has 3 rings (SSSR count). The Morgan fingerprint density at radius 3 is 2.75 bits per heavy atom. The fourth-order valence-corrected chi connectivity index (χ4v) is 2.88. The molecule has 0 bridgehead atoms. The minimum absolute atomic E-state index is 0.240. The summed E-state index contributed by atoms with van der Waals surface area (Å²) < 4.78 is 0. The van der Waals surface area contributed by atoms with Crippen LogP contribution in [-0.4, -0.2) is 27.0 Å². The van der Waals surface area contributed by atoms with Gasteiger partial charge < -0.3 is 5.11 Å². The lowest BCUT2D eigenvalue weighted by Crippen LogP contribution is -2.25. The van der Waals surface area contributed by atoms with E-state index in [4.69, 9.17) is 5.11 Å². The molecule has 0 atom stereocenters. The highest BCUT2D eigenvalue weighted by atomic mass is 32.1. The fourth-order valence-electron chi connectivity index (χ4n) is 2.22. The zero-order chi connectivity index (χ0) is 13.9. The minimum Gasteiger partial charge on any atom is -0.478 e. The van der Waals surface area contributed by atoms with Crippen molar-refractivity contribution < 1.29 is 9.90 Å².